The molecule has 0 bridgehead atoms. The van der Waals surface area contributed by atoms with Crippen LogP contribution in [0.3, 0.4) is 0 Å². The Bertz CT molecular complexity index is 656. The number of carbonyl (C=O) groups is 1. The van der Waals surface area contributed by atoms with Crippen LogP contribution in [0.1, 0.15) is 21.5 Å². The van der Waals surface area contributed by atoms with E-state index in [1.807, 2.05) is 6.92 Å². The average Bonchev–Trinajstić information content (AvgIpc) is 2.40. The fraction of sp³-hybridized carbons (Fsp3) is 0.200. The molecule has 0 aliphatic rings. The number of amides is 1. The maximum absolute atomic E-state index is 13.0. The van der Waals surface area contributed by atoms with Crippen LogP contribution in [0.15, 0.2) is 30.3 Å². The van der Waals surface area contributed by atoms with Crippen LogP contribution in [0, 0.1) is 12.7 Å². The van der Waals surface area contributed by atoms with Gasteiger partial charge in [0.15, 0.2) is 0 Å². The van der Waals surface area contributed by atoms with Gasteiger partial charge in [-0.1, -0.05) is 29.3 Å². The SMILES string of the molecule is Cc1cc(F)ccc1CCNC(=O)c1cc(Cl)nc(Cl)c1. The van der Waals surface area contributed by atoms with Gasteiger partial charge in [-0.15, -0.1) is 0 Å². The molecule has 1 amide bonds. The second kappa shape index (κ2) is 6.87. The molecule has 2 aromatic rings. The first kappa shape index (κ1) is 15.7. The molecule has 0 unspecified atom stereocenters. The lowest BCUT2D eigenvalue weighted by Crippen LogP contribution is -2.26. The van der Waals surface area contributed by atoms with Crippen LogP contribution >= 0.6 is 23.2 Å². The molecule has 0 spiro atoms. The number of carbonyl (C=O) groups excluding carboxylic acids is 1. The third kappa shape index (κ3) is 4.41. The summed E-state index contributed by atoms with van der Waals surface area (Å²) in [6.45, 7) is 2.27. The van der Waals surface area contributed by atoms with Crippen molar-refractivity contribution >= 4 is 29.1 Å². The number of nitrogens with one attached hydrogen (secondary N) is 1. The zero-order valence-corrected chi connectivity index (χ0v) is 12.8. The Morgan fingerprint density at radius 1 is 1.24 bits per heavy atom. The summed E-state index contributed by atoms with van der Waals surface area (Å²) >= 11 is 11.5. The van der Waals surface area contributed by atoms with Crippen molar-refractivity contribution in [3.8, 4) is 0 Å². The Labute approximate surface area is 132 Å². The monoisotopic (exact) mass is 326 g/mol. The molecule has 6 heteroatoms. The highest BCUT2D eigenvalue weighted by molar-refractivity contribution is 6.33. The molecule has 0 aliphatic heterocycles. The van der Waals surface area contributed by atoms with Crippen molar-refractivity contribution in [2.75, 3.05) is 6.54 Å². The number of hydrogen-bond donors (Lipinski definition) is 1. The van der Waals surface area contributed by atoms with Gasteiger partial charge in [-0.3, -0.25) is 4.79 Å². The Kier molecular flexibility index (Phi) is 5.15. The van der Waals surface area contributed by atoms with E-state index in [1.165, 1.54) is 24.3 Å². The van der Waals surface area contributed by atoms with Crippen LogP contribution in [-0.2, 0) is 6.42 Å². The molecule has 0 fully saturated rings. The predicted octanol–water partition coefficient (Wildman–Crippen LogP) is 3.81. The van der Waals surface area contributed by atoms with Crippen LogP contribution < -0.4 is 5.32 Å². The standard InChI is InChI=1S/C15H13Cl2FN2O/c1-9-6-12(18)3-2-10(9)4-5-19-15(21)11-7-13(16)20-14(17)8-11/h2-3,6-8H,4-5H2,1H3,(H,19,21). The van der Waals surface area contributed by atoms with Gasteiger partial charge in [-0.2, -0.15) is 0 Å². The van der Waals surface area contributed by atoms with Gasteiger partial charge < -0.3 is 5.32 Å². The topological polar surface area (TPSA) is 42.0 Å². The van der Waals surface area contributed by atoms with Gasteiger partial charge in [-0.05, 0) is 48.7 Å². The maximum Gasteiger partial charge on any atom is 0.251 e. The molecule has 3 nitrogen and oxygen atoms in total. The summed E-state index contributed by atoms with van der Waals surface area (Å²) in [5.41, 5.74) is 2.21. The Morgan fingerprint density at radius 3 is 2.52 bits per heavy atom. The largest absolute Gasteiger partial charge is 0.352 e. The average molecular weight is 327 g/mol. The molecule has 0 aliphatic carbocycles. The predicted molar refractivity (Wildman–Crippen MR) is 81.4 cm³/mol. The van der Waals surface area contributed by atoms with Crippen LogP contribution in [-0.4, -0.2) is 17.4 Å². The molecule has 0 atom stereocenters. The summed E-state index contributed by atoms with van der Waals surface area (Å²) in [7, 11) is 0. The minimum atomic E-state index is -0.277. The molecule has 1 aromatic carbocycles. The van der Waals surface area contributed by atoms with Gasteiger partial charge in [0.05, 0.1) is 0 Å². The fourth-order valence-corrected chi connectivity index (χ4v) is 2.41. The molecule has 110 valence electrons. The summed E-state index contributed by atoms with van der Waals surface area (Å²) in [6, 6.07) is 7.50. The summed E-state index contributed by atoms with van der Waals surface area (Å²) in [6.07, 6.45) is 0.615. The van der Waals surface area contributed by atoms with Crippen molar-refractivity contribution in [2.45, 2.75) is 13.3 Å². The lowest BCUT2D eigenvalue weighted by Gasteiger charge is -2.08. The number of aromatic nitrogens is 1. The first-order valence-electron chi connectivity index (χ1n) is 6.32. The van der Waals surface area contributed by atoms with E-state index in [9.17, 15) is 9.18 Å². The maximum atomic E-state index is 13.0. The number of hydrogen-bond acceptors (Lipinski definition) is 2. The van der Waals surface area contributed by atoms with Gasteiger partial charge in [0, 0.05) is 12.1 Å². The van der Waals surface area contributed by atoms with E-state index < -0.39 is 0 Å². The number of pyridine rings is 1. The van der Waals surface area contributed by atoms with Gasteiger partial charge in [0.25, 0.3) is 5.91 Å². The summed E-state index contributed by atoms with van der Waals surface area (Å²) in [5, 5.41) is 3.10. The molecule has 0 saturated heterocycles. The van der Waals surface area contributed by atoms with E-state index in [-0.39, 0.29) is 22.0 Å². The molecular weight excluding hydrogens is 314 g/mol. The summed E-state index contributed by atoms with van der Waals surface area (Å²) in [5.74, 6) is -0.540. The number of benzene rings is 1. The lowest BCUT2D eigenvalue weighted by molar-refractivity contribution is 0.0954. The van der Waals surface area contributed by atoms with Crippen molar-refractivity contribution in [3.05, 3.63) is 63.1 Å². The fourth-order valence-electron chi connectivity index (χ4n) is 1.95. The second-order valence-corrected chi connectivity index (χ2v) is 5.35. The molecule has 1 heterocycles. The van der Waals surface area contributed by atoms with Crippen molar-refractivity contribution < 1.29 is 9.18 Å². The summed E-state index contributed by atoms with van der Waals surface area (Å²) < 4.78 is 13.0. The molecule has 0 saturated carbocycles. The first-order valence-corrected chi connectivity index (χ1v) is 7.07. The van der Waals surface area contributed by atoms with Gasteiger partial charge >= 0.3 is 0 Å². The molecular formula is C15H13Cl2FN2O. The normalized spacial score (nSPS) is 10.5. The molecule has 1 N–H and O–H groups in total. The highest BCUT2D eigenvalue weighted by Gasteiger charge is 2.08. The van der Waals surface area contributed by atoms with Gasteiger partial charge in [0.1, 0.15) is 16.1 Å². The van der Waals surface area contributed by atoms with E-state index >= 15 is 0 Å². The third-order valence-electron chi connectivity index (χ3n) is 3.01. The van der Waals surface area contributed by atoms with Gasteiger partial charge in [-0.25, -0.2) is 9.37 Å². The van der Waals surface area contributed by atoms with E-state index in [0.717, 1.165) is 11.1 Å². The highest BCUT2D eigenvalue weighted by Crippen LogP contribution is 2.15. The third-order valence-corrected chi connectivity index (χ3v) is 3.40. The number of halogens is 3. The highest BCUT2D eigenvalue weighted by atomic mass is 35.5. The molecule has 1 aromatic heterocycles. The van der Waals surface area contributed by atoms with Crippen molar-refractivity contribution in [3.63, 3.8) is 0 Å². The van der Waals surface area contributed by atoms with Crippen LogP contribution in [0.4, 0.5) is 4.39 Å². The number of nitrogens with zero attached hydrogens (tertiary/aromatic N) is 1. The Hall–Kier alpha value is -1.65. The van der Waals surface area contributed by atoms with Crippen LogP contribution in [0.5, 0.6) is 0 Å². The zero-order chi connectivity index (χ0) is 15.4. The zero-order valence-electron chi connectivity index (χ0n) is 11.3. The molecule has 2 rings (SSSR count). The van der Waals surface area contributed by atoms with Gasteiger partial charge in [0.2, 0.25) is 0 Å². The summed E-state index contributed by atoms with van der Waals surface area (Å²) in [4.78, 5) is 15.7. The van der Waals surface area contributed by atoms with E-state index in [0.29, 0.717) is 18.5 Å². The quantitative estimate of drug-likeness (QED) is 0.868. The van der Waals surface area contributed by atoms with E-state index in [1.54, 1.807) is 6.07 Å². The molecule has 0 radical (unpaired) electrons. The second-order valence-electron chi connectivity index (χ2n) is 4.58. The van der Waals surface area contributed by atoms with Crippen LogP contribution in [0.25, 0.3) is 0 Å². The number of aryl methyl sites for hydroxylation is 1. The molecule has 21 heavy (non-hydrogen) atoms. The first-order chi connectivity index (χ1) is 9.95. The number of rotatable bonds is 4. The van der Waals surface area contributed by atoms with E-state index in [4.69, 9.17) is 23.2 Å². The smallest absolute Gasteiger partial charge is 0.251 e. The lowest BCUT2D eigenvalue weighted by atomic mass is 10.1. The Morgan fingerprint density at radius 2 is 1.90 bits per heavy atom. The Balaban J connectivity index is 1.95. The van der Waals surface area contributed by atoms with Crippen molar-refractivity contribution in [1.29, 1.82) is 0 Å². The minimum Gasteiger partial charge on any atom is -0.352 e. The van der Waals surface area contributed by atoms with Crippen LogP contribution in [0.2, 0.25) is 10.3 Å². The van der Waals surface area contributed by atoms with Crippen molar-refractivity contribution in [1.82, 2.24) is 10.3 Å². The van der Waals surface area contributed by atoms with E-state index in [2.05, 4.69) is 10.3 Å². The minimum absolute atomic E-state index is 0.169. The van der Waals surface area contributed by atoms with Crippen molar-refractivity contribution in [2.24, 2.45) is 0 Å².